The Labute approximate surface area is 217 Å². The van der Waals surface area contributed by atoms with Crippen LogP contribution in [0.3, 0.4) is 0 Å². The first-order valence-corrected chi connectivity index (χ1v) is 13.0. The van der Waals surface area contributed by atoms with E-state index in [9.17, 15) is 0 Å². The Hall–Kier alpha value is -2.99. The van der Waals surface area contributed by atoms with Gasteiger partial charge in [-0.2, -0.15) is 0 Å². The lowest BCUT2D eigenvalue weighted by Crippen LogP contribution is -2.13. The van der Waals surface area contributed by atoms with Crippen LogP contribution in [0.2, 0.25) is 0 Å². The Morgan fingerprint density at radius 2 is 0.735 bits per heavy atom. The number of halogens is 1. The minimum atomic E-state index is 0.961. The lowest BCUT2D eigenvalue weighted by molar-refractivity contribution is 1.12. The van der Waals surface area contributed by atoms with Crippen LogP contribution in [0, 0.1) is 0 Å². The highest BCUT2D eigenvalue weighted by Crippen LogP contribution is 2.34. The molecule has 4 aromatic carbocycles. The van der Waals surface area contributed by atoms with Gasteiger partial charge in [0.05, 0.1) is 4.55 Å². The van der Waals surface area contributed by atoms with E-state index in [-0.39, 0.29) is 0 Å². The third kappa shape index (κ3) is 5.39. The molecule has 4 aromatic rings. The highest BCUT2D eigenvalue weighted by molar-refractivity contribution is 14.1. The summed E-state index contributed by atoms with van der Waals surface area (Å²) in [5.41, 5.74) is 11.0. The molecule has 0 bridgehead atoms. The second-order valence-electron chi connectivity index (χ2n) is 9.05. The topological polar surface area (TPSA) is 9.72 Å². The normalized spacial score (nSPS) is 10.8. The van der Waals surface area contributed by atoms with Gasteiger partial charge in [-0.1, -0.05) is 59.0 Å². The Kier molecular flexibility index (Phi) is 7.47. The van der Waals surface area contributed by atoms with Crippen LogP contribution in [0.15, 0.2) is 91.0 Å². The number of benzene rings is 4. The Bertz CT molecular complexity index is 1160. The fourth-order valence-electron chi connectivity index (χ4n) is 4.01. The summed E-state index contributed by atoms with van der Waals surface area (Å²) in [6.45, 7) is 0. The maximum atomic E-state index is 2.39. The monoisotopic (exact) mass is 561 g/mol. The molecule has 0 radical (unpaired) electrons. The molecule has 0 atom stereocenters. The van der Waals surface area contributed by atoms with Crippen LogP contribution < -0.4 is 14.7 Å². The quantitative estimate of drug-likeness (QED) is 0.130. The van der Waals surface area contributed by atoms with E-state index in [4.69, 9.17) is 0 Å². The third-order valence-electron chi connectivity index (χ3n) is 6.19. The third-order valence-corrected chi connectivity index (χ3v) is 7.21. The van der Waals surface area contributed by atoms with Gasteiger partial charge < -0.3 is 14.7 Å². The molecule has 4 rings (SSSR count). The fourth-order valence-corrected chi connectivity index (χ4v) is 4.40. The summed E-state index contributed by atoms with van der Waals surface area (Å²) in [7, 11) is 10.4. The molecule has 0 saturated heterocycles. The minimum absolute atomic E-state index is 0.961. The van der Waals surface area contributed by atoms with Crippen molar-refractivity contribution in [3.05, 3.63) is 91.0 Å². The van der Waals surface area contributed by atoms with Crippen LogP contribution >= 0.6 is 22.6 Å². The maximum absolute atomic E-state index is 2.39. The van der Waals surface area contributed by atoms with E-state index in [1.807, 2.05) is 0 Å². The SMILES string of the molecule is CN(C)c1ccc(-c2cc(-c3ccc(N(C)C)cc3)cc(-c3ccc(N(C)CI)cc3)c2)cc1. The van der Waals surface area contributed by atoms with Crippen molar-refractivity contribution in [2.45, 2.75) is 0 Å². The standard InChI is InChI=1S/C30H32IN3/c1-32(2)28-12-6-22(7-13-28)25-18-26(23-8-14-29(15-9-23)33(3)4)20-27(19-25)24-10-16-30(17-11-24)34(5)21-31/h6-20H,21H2,1-5H3. The molecule has 0 N–H and O–H groups in total. The summed E-state index contributed by atoms with van der Waals surface area (Å²) in [5, 5.41) is 0. The number of anilines is 3. The predicted molar refractivity (Wildman–Crippen MR) is 159 cm³/mol. The molecule has 0 aromatic heterocycles. The van der Waals surface area contributed by atoms with Crippen LogP contribution in [0.4, 0.5) is 17.1 Å². The largest absolute Gasteiger partial charge is 0.378 e. The fraction of sp³-hybridized carbons (Fsp3) is 0.200. The lowest BCUT2D eigenvalue weighted by Gasteiger charge is -2.17. The van der Waals surface area contributed by atoms with Crippen LogP contribution in [0.5, 0.6) is 0 Å². The lowest BCUT2D eigenvalue weighted by atomic mass is 9.93. The van der Waals surface area contributed by atoms with Gasteiger partial charge in [-0.3, -0.25) is 0 Å². The van der Waals surface area contributed by atoms with E-state index >= 15 is 0 Å². The zero-order valence-electron chi connectivity index (χ0n) is 20.6. The summed E-state index contributed by atoms with van der Waals surface area (Å²) in [6.07, 6.45) is 0. The smallest absolute Gasteiger partial charge is 0.0696 e. The van der Waals surface area contributed by atoms with Gasteiger partial charge in [-0.25, -0.2) is 0 Å². The van der Waals surface area contributed by atoms with Crippen molar-refractivity contribution in [2.24, 2.45) is 0 Å². The van der Waals surface area contributed by atoms with Crippen molar-refractivity contribution in [1.82, 2.24) is 0 Å². The highest BCUT2D eigenvalue weighted by atomic mass is 127. The maximum Gasteiger partial charge on any atom is 0.0696 e. The molecule has 0 spiro atoms. The summed E-state index contributed by atoms with van der Waals surface area (Å²) < 4.78 is 0.961. The summed E-state index contributed by atoms with van der Waals surface area (Å²) in [4.78, 5) is 6.50. The number of nitrogens with zero attached hydrogens (tertiary/aromatic N) is 3. The zero-order chi connectivity index (χ0) is 24.2. The highest BCUT2D eigenvalue weighted by Gasteiger charge is 2.09. The van der Waals surface area contributed by atoms with Gasteiger partial charge in [0.1, 0.15) is 0 Å². The van der Waals surface area contributed by atoms with Crippen LogP contribution in [-0.2, 0) is 0 Å². The number of rotatable bonds is 7. The number of hydrogen-bond acceptors (Lipinski definition) is 3. The van der Waals surface area contributed by atoms with Gasteiger partial charge in [0.2, 0.25) is 0 Å². The van der Waals surface area contributed by atoms with Gasteiger partial charge in [0.25, 0.3) is 0 Å². The molecule has 34 heavy (non-hydrogen) atoms. The van der Waals surface area contributed by atoms with Crippen LogP contribution in [0.1, 0.15) is 0 Å². The second-order valence-corrected chi connectivity index (χ2v) is 9.73. The Balaban J connectivity index is 1.80. The van der Waals surface area contributed by atoms with Gasteiger partial charge in [0.15, 0.2) is 0 Å². The molecule has 0 fully saturated rings. The van der Waals surface area contributed by atoms with Crippen molar-refractivity contribution >= 4 is 39.7 Å². The predicted octanol–water partition coefficient (Wildman–Crippen LogP) is 7.65. The molecule has 0 saturated carbocycles. The molecular formula is C30H32IN3. The molecule has 0 heterocycles. The molecule has 0 unspecified atom stereocenters. The van der Waals surface area contributed by atoms with Crippen molar-refractivity contribution in [3.8, 4) is 33.4 Å². The first-order valence-electron chi connectivity index (χ1n) is 11.4. The molecule has 0 amide bonds. The summed E-state index contributed by atoms with van der Waals surface area (Å²) in [6, 6.07) is 33.4. The van der Waals surface area contributed by atoms with Gasteiger partial charge in [0, 0.05) is 52.3 Å². The minimum Gasteiger partial charge on any atom is -0.378 e. The van der Waals surface area contributed by atoms with Gasteiger partial charge in [-0.15, -0.1) is 0 Å². The summed E-state index contributed by atoms with van der Waals surface area (Å²) in [5.74, 6) is 0. The second kappa shape index (κ2) is 10.5. The van der Waals surface area contributed by atoms with E-state index in [2.05, 4.69) is 164 Å². The number of alkyl halides is 1. The van der Waals surface area contributed by atoms with Gasteiger partial charge in [-0.05, 0) is 88.0 Å². The summed E-state index contributed by atoms with van der Waals surface area (Å²) >= 11 is 2.39. The molecule has 0 aliphatic rings. The van der Waals surface area contributed by atoms with E-state index in [1.165, 1.54) is 50.4 Å². The molecule has 0 aliphatic carbocycles. The van der Waals surface area contributed by atoms with Crippen LogP contribution in [0.25, 0.3) is 33.4 Å². The van der Waals surface area contributed by atoms with E-state index in [0.717, 1.165) is 4.55 Å². The van der Waals surface area contributed by atoms with E-state index in [0.29, 0.717) is 0 Å². The van der Waals surface area contributed by atoms with Crippen molar-refractivity contribution < 1.29 is 0 Å². The molecule has 4 heteroatoms. The van der Waals surface area contributed by atoms with E-state index < -0.39 is 0 Å². The molecule has 174 valence electrons. The van der Waals surface area contributed by atoms with E-state index in [1.54, 1.807) is 0 Å². The first kappa shape index (κ1) is 24.1. The van der Waals surface area contributed by atoms with Crippen molar-refractivity contribution in [2.75, 3.05) is 54.5 Å². The van der Waals surface area contributed by atoms with Gasteiger partial charge >= 0.3 is 0 Å². The number of hydrogen-bond donors (Lipinski definition) is 0. The average Bonchev–Trinajstić information content (AvgIpc) is 2.88. The Morgan fingerprint density at radius 1 is 0.441 bits per heavy atom. The first-order chi connectivity index (χ1) is 16.4. The van der Waals surface area contributed by atoms with Crippen LogP contribution in [-0.4, -0.2) is 39.8 Å². The Morgan fingerprint density at radius 3 is 1.00 bits per heavy atom. The van der Waals surface area contributed by atoms with Crippen molar-refractivity contribution in [3.63, 3.8) is 0 Å². The molecular weight excluding hydrogens is 529 g/mol. The molecule has 0 aliphatic heterocycles. The average molecular weight is 562 g/mol. The molecule has 3 nitrogen and oxygen atoms in total. The zero-order valence-corrected chi connectivity index (χ0v) is 22.7. The van der Waals surface area contributed by atoms with Crippen molar-refractivity contribution in [1.29, 1.82) is 0 Å².